The van der Waals surface area contributed by atoms with Gasteiger partial charge in [-0.05, 0) is 63.0 Å². The van der Waals surface area contributed by atoms with Crippen molar-refractivity contribution in [3.63, 3.8) is 0 Å². The number of piperidine rings is 1. The molecule has 36 heavy (non-hydrogen) atoms. The molecule has 5 heterocycles. The van der Waals surface area contributed by atoms with Crippen LogP contribution in [0, 0.1) is 13.8 Å². The summed E-state index contributed by atoms with van der Waals surface area (Å²) in [4.78, 5) is 24.1. The summed E-state index contributed by atoms with van der Waals surface area (Å²) in [6, 6.07) is 4.79. The van der Waals surface area contributed by atoms with E-state index in [-0.39, 0.29) is 18.0 Å². The topological polar surface area (TPSA) is 73.1 Å². The molecule has 2 aliphatic heterocycles. The number of aryl methyl sites for hydroxylation is 1. The summed E-state index contributed by atoms with van der Waals surface area (Å²) in [5.41, 5.74) is 3.12. The van der Waals surface area contributed by atoms with Crippen LogP contribution in [0.3, 0.4) is 0 Å². The van der Waals surface area contributed by atoms with Crippen LogP contribution in [0.15, 0.2) is 36.8 Å². The number of halogens is 3. The van der Waals surface area contributed by atoms with Gasteiger partial charge in [-0.1, -0.05) is 6.07 Å². The Hall–Kier alpha value is -3.11. The highest BCUT2D eigenvalue weighted by Gasteiger charge is 2.32. The Morgan fingerprint density at radius 3 is 2.42 bits per heavy atom. The van der Waals surface area contributed by atoms with Gasteiger partial charge >= 0.3 is 6.18 Å². The zero-order valence-electron chi connectivity index (χ0n) is 20.3. The van der Waals surface area contributed by atoms with Crippen LogP contribution in [0.4, 0.5) is 13.2 Å². The van der Waals surface area contributed by atoms with Gasteiger partial charge in [0, 0.05) is 30.4 Å². The Balaban J connectivity index is 1.24. The lowest BCUT2D eigenvalue weighted by atomic mass is 9.89. The second kappa shape index (κ2) is 9.74. The first kappa shape index (κ1) is 24.6. The third-order valence-corrected chi connectivity index (χ3v) is 7.20. The van der Waals surface area contributed by atoms with Gasteiger partial charge < -0.3 is 4.74 Å². The molecule has 0 spiro atoms. The molecule has 0 unspecified atom stereocenters. The van der Waals surface area contributed by atoms with Crippen LogP contribution in [-0.2, 0) is 17.3 Å². The van der Waals surface area contributed by atoms with Gasteiger partial charge in [-0.2, -0.15) is 18.3 Å². The molecule has 2 fully saturated rings. The number of hydrogen-bond acceptors (Lipinski definition) is 6. The number of nitrogens with zero attached hydrogens (tertiary/aromatic N) is 5. The zero-order chi connectivity index (χ0) is 25.4. The number of pyridine rings is 2. The number of likely N-dealkylation sites (tertiary alicyclic amines) is 1. The van der Waals surface area contributed by atoms with Crippen molar-refractivity contribution in [1.82, 2.24) is 24.6 Å². The molecule has 0 aromatic carbocycles. The molecule has 2 aliphatic rings. The number of ether oxygens (including phenoxy) is 1. The van der Waals surface area contributed by atoms with E-state index in [1.54, 1.807) is 13.1 Å². The van der Waals surface area contributed by atoms with Crippen LogP contribution >= 0.6 is 0 Å². The second-order valence-corrected chi connectivity index (χ2v) is 9.61. The van der Waals surface area contributed by atoms with Crippen molar-refractivity contribution in [2.24, 2.45) is 0 Å². The standard InChI is InChI=1S/C26H28F3N5O2/c1-16-9-18(11-31-25(16)19-5-7-33(8-6-19)21-14-36-15-21)10-23(35)22-13-32-34(17(22)2)24-4-3-20(12-30-24)26(27,28)29/h3-4,9,11-13,19,21H,5-8,10,14-15H2,1-2H3. The largest absolute Gasteiger partial charge is 0.417 e. The van der Waals surface area contributed by atoms with E-state index in [9.17, 15) is 18.0 Å². The number of hydrogen-bond donors (Lipinski definition) is 0. The summed E-state index contributed by atoms with van der Waals surface area (Å²) < 4.78 is 45.1. The fourth-order valence-electron chi connectivity index (χ4n) is 5.01. The van der Waals surface area contributed by atoms with Crippen molar-refractivity contribution in [3.05, 3.63) is 70.4 Å². The zero-order valence-corrected chi connectivity index (χ0v) is 20.3. The lowest BCUT2D eigenvalue weighted by Gasteiger charge is -2.41. The van der Waals surface area contributed by atoms with Crippen molar-refractivity contribution in [1.29, 1.82) is 0 Å². The van der Waals surface area contributed by atoms with E-state index in [0.29, 0.717) is 23.2 Å². The molecule has 7 nitrogen and oxygen atoms in total. The van der Waals surface area contributed by atoms with Gasteiger partial charge in [0.2, 0.25) is 0 Å². The number of carbonyl (C=O) groups excluding carboxylic acids is 1. The minimum absolute atomic E-state index is 0.129. The lowest BCUT2D eigenvalue weighted by molar-refractivity contribution is -0.137. The van der Waals surface area contributed by atoms with Gasteiger partial charge in [0.05, 0.1) is 42.3 Å². The molecule has 0 aliphatic carbocycles. The number of rotatable bonds is 6. The van der Waals surface area contributed by atoms with Crippen LogP contribution < -0.4 is 0 Å². The molecule has 0 amide bonds. The molecular weight excluding hydrogens is 471 g/mol. The maximum atomic E-state index is 13.0. The smallest absolute Gasteiger partial charge is 0.378 e. The number of carbonyl (C=O) groups is 1. The predicted octanol–water partition coefficient (Wildman–Crippen LogP) is 4.30. The average Bonchev–Trinajstić information content (AvgIpc) is 3.20. The number of Topliss-reactive ketones (excluding diaryl/α,β-unsaturated/α-hetero) is 1. The second-order valence-electron chi connectivity index (χ2n) is 9.61. The monoisotopic (exact) mass is 499 g/mol. The van der Waals surface area contributed by atoms with Gasteiger partial charge in [0.1, 0.15) is 0 Å². The molecule has 0 atom stereocenters. The molecule has 5 rings (SSSR count). The van der Waals surface area contributed by atoms with Crippen molar-refractivity contribution >= 4 is 5.78 Å². The summed E-state index contributed by atoms with van der Waals surface area (Å²) in [5.74, 6) is 0.511. The minimum atomic E-state index is -4.46. The molecule has 3 aromatic rings. The first-order valence-electron chi connectivity index (χ1n) is 12.1. The fraction of sp³-hybridized carbons (Fsp3) is 0.462. The molecule has 0 radical (unpaired) electrons. The van der Waals surface area contributed by atoms with Crippen molar-refractivity contribution < 1.29 is 22.7 Å². The van der Waals surface area contributed by atoms with Crippen LogP contribution in [0.25, 0.3) is 5.82 Å². The summed E-state index contributed by atoms with van der Waals surface area (Å²) in [6.07, 6.45) is 1.82. The van der Waals surface area contributed by atoms with Crippen LogP contribution in [0.1, 0.15) is 57.2 Å². The quantitative estimate of drug-likeness (QED) is 0.471. The van der Waals surface area contributed by atoms with Gasteiger partial charge in [-0.15, -0.1) is 0 Å². The molecule has 190 valence electrons. The van der Waals surface area contributed by atoms with E-state index < -0.39 is 11.7 Å². The highest BCUT2D eigenvalue weighted by Crippen LogP contribution is 2.31. The maximum Gasteiger partial charge on any atom is 0.417 e. The number of aromatic nitrogens is 4. The lowest BCUT2D eigenvalue weighted by Crippen LogP contribution is -2.51. The van der Waals surface area contributed by atoms with E-state index in [4.69, 9.17) is 9.72 Å². The van der Waals surface area contributed by atoms with Gasteiger partial charge in [-0.25, -0.2) is 9.67 Å². The maximum absolute atomic E-state index is 13.0. The molecule has 10 heteroatoms. The Morgan fingerprint density at radius 1 is 1.08 bits per heavy atom. The Bertz CT molecular complexity index is 1240. The fourth-order valence-corrected chi connectivity index (χ4v) is 5.01. The van der Waals surface area contributed by atoms with E-state index in [1.165, 1.54) is 16.9 Å². The SMILES string of the molecule is Cc1cc(CC(=O)c2cnn(-c3ccc(C(F)(F)F)cn3)c2C)cnc1C1CCN(C2COC2)CC1. The molecular formula is C26H28F3N5O2. The van der Waals surface area contributed by atoms with E-state index in [0.717, 1.165) is 68.2 Å². The number of ketones is 1. The minimum Gasteiger partial charge on any atom is -0.378 e. The summed E-state index contributed by atoms with van der Waals surface area (Å²) in [7, 11) is 0. The van der Waals surface area contributed by atoms with E-state index >= 15 is 0 Å². The van der Waals surface area contributed by atoms with Crippen LogP contribution in [-0.4, -0.2) is 62.8 Å². The summed E-state index contributed by atoms with van der Waals surface area (Å²) in [6.45, 7) is 7.53. The molecule has 0 N–H and O–H groups in total. The first-order valence-corrected chi connectivity index (χ1v) is 12.1. The van der Waals surface area contributed by atoms with Crippen LogP contribution in [0.5, 0.6) is 0 Å². The third-order valence-electron chi connectivity index (χ3n) is 7.20. The molecule has 2 saturated heterocycles. The highest BCUT2D eigenvalue weighted by molar-refractivity contribution is 5.98. The normalized spacial score (nSPS) is 17.8. The van der Waals surface area contributed by atoms with E-state index in [2.05, 4.69) is 15.0 Å². The molecule has 3 aromatic heterocycles. The van der Waals surface area contributed by atoms with Gasteiger partial charge in [0.15, 0.2) is 11.6 Å². The van der Waals surface area contributed by atoms with Crippen molar-refractivity contribution in [3.8, 4) is 5.82 Å². The third kappa shape index (κ3) is 4.92. The molecule has 0 saturated carbocycles. The predicted molar refractivity (Wildman–Crippen MR) is 126 cm³/mol. The van der Waals surface area contributed by atoms with Crippen LogP contribution in [0.2, 0.25) is 0 Å². The van der Waals surface area contributed by atoms with Gasteiger partial charge in [-0.3, -0.25) is 14.7 Å². The summed E-state index contributed by atoms with van der Waals surface area (Å²) in [5, 5.41) is 4.19. The summed E-state index contributed by atoms with van der Waals surface area (Å²) >= 11 is 0. The van der Waals surface area contributed by atoms with Gasteiger partial charge in [0.25, 0.3) is 0 Å². The first-order chi connectivity index (χ1) is 17.2. The molecule has 0 bridgehead atoms. The Labute approximate surface area is 207 Å². The van der Waals surface area contributed by atoms with E-state index in [1.807, 2.05) is 13.0 Å². The average molecular weight is 500 g/mol. The van der Waals surface area contributed by atoms with Crippen molar-refractivity contribution in [2.45, 2.75) is 51.2 Å². The number of alkyl halides is 3. The highest BCUT2D eigenvalue weighted by atomic mass is 19.4. The Kier molecular flexibility index (Phi) is 6.65. The Morgan fingerprint density at radius 2 is 1.83 bits per heavy atom. The van der Waals surface area contributed by atoms with Crippen molar-refractivity contribution in [2.75, 3.05) is 26.3 Å².